The molecular formula is C20H22N4O5. The number of hydrogen-bond acceptors (Lipinski definition) is 7. The molecule has 0 aliphatic carbocycles. The molecule has 0 bridgehead atoms. The number of hydrogen-bond donors (Lipinski definition) is 1. The van der Waals surface area contributed by atoms with E-state index in [1.54, 1.807) is 24.3 Å². The lowest BCUT2D eigenvalue weighted by molar-refractivity contribution is -0.384. The maximum atomic E-state index is 12.5. The average molecular weight is 398 g/mol. The monoisotopic (exact) mass is 398 g/mol. The van der Waals surface area contributed by atoms with Gasteiger partial charge in [0.25, 0.3) is 11.2 Å². The molecule has 0 aliphatic rings. The van der Waals surface area contributed by atoms with Crippen LogP contribution in [-0.4, -0.2) is 41.1 Å². The van der Waals surface area contributed by atoms with Crippen molar-refractivity contribution in [2.24, 2.45) is 0 Å². The van der Waals surface area contributed by atoms with Gasteiger partial charge in [-0.05, 0) is 25.6 Å². The van der Waals surface area contributed by atoms with Gasteiger partial charge in [0.2, 0.25) is 0 Å². The molecule has 0 spiro atoms. The summed E-state index contributed by atoms with van der Waals surface area (Å²) in [5, 5.41) is 11.4. The number of nitrogens with one attached hydrogen (secondary N) is 1. The number of aromatic nitrogens is 2. The van der Waals surface area contributed by atoms with E-state index in [9.17, 15) is 14.9 Å². The quantitative estimate of drug-likeness (QED) is 0.481. The van der Waals surface area contributed by atoms with Crippen molar-refractivity contribution in [1.29, 1.82) is 0 Å². The molecule has 0 radical (unpaired) electrons. The Bertz CT molecular complexity index is 1110. The lowest BCUT2D eigenvalue weighted by atomic mass is 10.1. The van der Waals surface area contributed by atoms with Crippen LogP contribution >= 0.6 is 0 Å². The van der Waals surface area contributed by atoms with Gasteiger partial charge in [0.1, 0.15) is 5.82 Å². The summed E-state index contributed by atoms with van der Waals surface area (Å²) in [4.78, 5) is 32.4. The molecule has 2 aromatic carbocycles. The van der Waals surface area contributed by atoms with Crippen LogP contribution in [0.25, 0.3) is 10.9 Å². The second-order valence-electron chi connectivity index (χ2n) is 6.68. The van der Waals surface area contributed by atoms with E-state index in [4.69, 9.17) is 9.47 Å². The zero-order valence-electron chi connectivity index (χ0n) is 16.6. The largest absolute Gasteiger partial charge is 0.493 e. The second-order valence-corrected chi connectivity index (χ2v) is 6.68. The molecule has 29 heavy (non-hydrogen) atoms. The molecule has 0 saturated heterocycles. The molecule has 1 heterocycles. The van der Waals surface area contributed by atoms with Crippen LogP contribution in [0, 0.1) is 10.1 Å². The summed E-state index contributed by atoms with van der Waals surface area (Å²) in [5.41, 5.74) is 1.07. The Hall–Kier alpha value is -3.46. The van der Waals surface area contributed by atoms with Gasteiger partial charge in [-0.2, -0.15) is 0 Å². The third-order valence-corrected chi connectivity index (χ3v) is 4.88. The minimum absolute atomic E-state index is 0.0426. The van der Waals surface area contributed by atoms with E-state index >= 15 is 0 Å². The van der Waals surface area contributed by atoms with Crippen molar-refractivity contribution in [3.63, 3.8) is 0 Å². The number of ether oxygens (including phenoxy) is 2. The molecule has 3 aromatic rings. The van der Waals surface area contributed by atoms with Crippen molar-refractivity contribution < 1.29 is 14.4 Å². The first-order valence-corrected chi connectivity index (χ1v) is 8.93. The molecule has 0 aliphatic heterocycles. The number of rotatable bonds is 7. The first kappa shape index (κ1) is 20.3. The van der Waals surface area contributed by atoms with Crippen LogP contribution < -0.4 is 15.0 Å². The topological polar surface area (TPSA) is 111 Å². The van der Waals surface area contributed by atoms with Crippen LogP contribution in [0.5, 0.6) is 11.5 Å². The summed E-state index contributed by atoms with van der Waals surface area (Å²) in [5.74, 6) is 1.42. The highest BCUT2D eigenvalue weighted by molar-refractivity contribution is 5.81. The van der Waals surface area contributed by atoms with Crippen molar-refractivity contribution in [3.8, 4) is 11.5 Å². The number of nitrogens with zero attached hydrogens (tertiary/aromatic N) is 3. The highest BCUT2D eigenvalue weighted by Crippen LogP contribution is 2.30. The normalized spacial score (nSPS) is 12.2. The molecule has 1 unspecified atom stereocenters. The minimum Gasteiger partial charge on any atom is -0.493 e. The van der Waals surface area contributed by atoms with Gasteiger partial charge in [-0.15, -0.1) is 0 Å². The van der Waals surface area contributed by atoms with Gasteiger partial charge < -0.3 is 14.5 Å². The summed E-state index contributed by atoms with van der Waals surface area (Å²) in [7, 11) is 4.89. The Morgan fingerprint density at radius 2 is 1.90 bits per heavy atom. The number of methoxy groups -OCH3 is 2. The van der Waals surface area contributed by atoms with Crippen LogP contribution in [0.2, 0.25) is 0 Å². The fourth-order valence-electron chi connectivity index (χ4n) is 3.12. The summed E-state index contributed by atoms with van der Waals surface area (Å²) in [6.07, 6.45) is 0. The number of benzene rings is 2. The molecular weight excluding hydrogens is 376 g/mol. The Morgan fingerprint density at radius 3 is 2.55 bits per heavy atom. The Morgan fingerprint density at radius 1 is 1.21 bits per heavy atom. The minimum atomic E-state index is -0.416. The average Bonchev–Trinajstić information content (AvgIpc) is 2.72. The van der Waals surface area contributed by atoms with Crippen molar-refractivity contribution in [1.82, 2.24) is 14.9 Å². The van der Waals surface area contributed by atoms with Crippen molar-refractivity contribution in [2.45, 2.75) is 19.5 Å². The highest BCUT2D eigenvalue weighted by Gasteiger charge is 2.17. The number of non-ortho nitro benzene ring substituents is 1. The van der Waals surface area contributed by atoms with Crippen LogP contribution in [0.15, 0.2) is 41.2 Å². The fraction of sp³-hybridized carbons (Fsp3) is 0.300. The lowest BCUT2D eigenvalue weighted by Gasteiger charge is -2.24. The molecule has 0 fully saturated rings. The predicted octanol–water partition coefficient (Wildman–Crippen LogP) is 3.04. The van der Waals surface area contributed by atoms with Gasteiger partial charge in [0.15, 0.2) is 11.5 Å². The maximum Gasteiger partial charge on any atom is 0.269 e. The standard InChI is InChI=1S/C20H22N4O5/c1-12(13-6-5-7-14(8-13)24(26)27)23(2)11-19-21-16-10-18(29-4)17(28-3)9-15(16)20(25)22-19/h5-10,12H,11H2,1-4H3,(H,21,22,25). The number of aromatic amines is 1. The van der Waals surface area contributed by atoms with E-state index in [1.165, 1.54) is 20.3 Å². The first-order chi connectivity index (χ1) is 13.8. The summed E-state index contributed by atoms with van der Waals surface area (Å²) in [6, 6.07) is 9.64. The zero-order valence-corrected chi connectivity index (χ0v) is 16.6. The molecule has 0 amide bonds. The summed E-state index contributed by atoms with van der Waals surface area (Å²) >= 11 is 0. The highest BCUT2D eigenvalue weighted by atomic mass is 16.6. The number of nitro benzene ring substituents is 1. The third kappa shape index (κ3) is 4.19. The zero-order chi connectivity index (χ0) is 21.1. The van der Waals surface area contributed by atoms with E-state index in [0.717, 1.165) is 5.56 Å². The number of H-pyrrole nitrogens is 1. The Balaban J connectivity index is 1.90. The van der Waals surface area contributed by atoms with Crippen molar-refractivity contribution in [2.75, 3.05) is 21.3 Å². The van der Waals surface area contributed by atoms with Crippen LogP contribution in [-0.2, 0) is 6.54 Å². The van der Waals surface area contributed by atoms with E-state index in [2.05, 4.69) is 9.97 Å². The predicted molar refractivity (Wildman–Crippen MR) is 108 cm³/mol. The fourth-order valence-corrected chi connectivity index (χ4v) is 3.12. The molecule has 1 atom stereocenters. The first-order valence-electron chi connectivity index (χ1n) is 8.93. The van der Waals surface area contributed by atoms with Gasteiger partial charge >= 0.3 is 0 Å². The maximum absolute atomic E-state index is 12.5. The van der Waals surface area contributed by atoms with Crippen molar-refractivity contribution in [3.05, 3.63) is 68.3 Å². The van der Waals surface area contributed by atoms with E-state index in [0.29, 0.717) is 34.8 Å². The van der Waals surface area contributed by atoms with Crippen LogP contribution in [0.3, 0.4) is 0 Å². The SMILES string of the molecule is COc1cc2nc(CN(C)C(C)c3cccc([N+](=O)[O-])c3)[nH]c(=O)c2cc1OC. The summed E-state index contributed by atoms with van der Waals surface area (Å²) < 4.78 is 10.5. The van der Waals surface area contributed by atoms with Gasteiger partial charge in [0.05, 0.1) is 36.6 Å². The second kappa shape index (κ2) is 8.27. The van der Waals surface area contributed by atoms with Gasteiger partial charge in [-0.3, -0.25) is 19.8 Å². The van der Waals surface area contributed by atoms with Gasteiger partial charge in [-0.1, -0.05) is 12.1 Å². The molecule has 1 aromatic heterocycles. The molecule has 0 saturated carbocycles. The third-order valence-electron chi connectivity index (χ3n) is 4.88. The summed E-state index contributed by atoms with van der Waals surface area (Å²) in [6.45, 7) is 2.29. The van der Waals surface area contributed by atoms with E-state index in [1.807, 2.05) is 24.9 Å². The van der Waals surface area contributed by atoms with Crippen molar-refractivity contribution >= 4 is 16.6 Å². The van der Waals surface area contributed by atoms with Gasteiger partial charge in [0, 0.05) is 24.2 Å². The Labute approximate surface area is 167 Å². The molecule has 3 rings (SSSR count). The number of fused-ring (bicyclic) bond motifs is 1. The molecule has 9 nitrogen and oxygen atoms in total. The van der Waals surface area contributed by atoms with Crippen LogP contribution in [0.4, 0.5) is 5.69 Å². The molecule has 1 N–H and O–H groups in total. The van der Waals surface area contributed by atoms with Crippen LogP contribution in [0.1, 0.15) is 24.4 Å². The van der Waals surface area contributed by atoms with E-state index < -0.39 is 4.92 Å². The Kier molecular flexibility index (Phi) is 5.79. The molecule has 152 valence electrons. The lowest BCUT2D eigenvalue weighted by Crippen LogP contribution is -2.25. The van der Waals surface area contributed by atoms with E-state index in [-0.39, 0.29) is 17.3 Å². The molecule has 9 heteroatoms. The smallest absolute Gasteiger partial charge is 0.269 e. The van der Waals surface area contributed by atoms with Gasteiger partial charge in [-0.25, -0.2) is 4.98 Å². The number of nitro groups is 1.